The maximum absolute atomic E-state index is 6.00. The number of rotatable bonds is 2. The molecule has 0 saturated heterocycles. The van der Waals surface area contributed by atoms with Gasteiger partial charge in [-0.15, -0.1) is 11.3 Å². The molecule has 3 rings (SSSR count). The molecular weight excluding hydrogens is 328 g/mol. The lowest BCUT2D eigenvalue weighted by molar-refractivity contribution is 0.684. The number of thiophene rings is 1. The Hall–Kier alpha value is -0.310. The number of aryl methyl sites for hydroxylation is 2. The van der Waals surface area contributed by atoms with E-state index in [2.05, 4.69) is 40.2 Å². The van der Waals surface area contributed by atoms with Crippen molar-refractivity contribution in [3.05, 3.63) is 56.2 Å². The van der Waals surface area contributed by atoms with E-state index in [9.17, 15) is 0 Å². The summed E-state index contributed by atoms with van der Waals surface area (Å²) in [5, 5.41) is 0. The first-order valence-electron chi connectivity index (χ1n) is 6.25. The third-order valence-corrected chi connectivity index (χ3v) is 6.13. The van der Waals surface area contributed by atoms with Crippen LogP contribution in [0.3, 0.4) is 0 Å². The van der Waals surface area contributed by atoms with Crippen LogP contribution >= 0.6 is 38.9 Å². The van der Waals surface area contributed by atoms with Gasteiger partial charge in [0.2, 0.25) is 0 Å². The molecule has 1 aliphatic rings. The zero-order valence-corrected chi connectivity index (χ0v) is 13.1. The van der Waals surface area contributed by atoms with E-state index < -0.39 is 0 Å². The van der Waals surface area contributed by atoms with Crippen molar-refractivity contribution in [3.63, 3.8) is 0 Å². The molecule has 94 valence electrons. The maximum atomic E-state index is 6.00. The van der Waals surface area contributed by atoms with E-state index in [1.807, 2.05) is 6.07 Å². The molecule has 0 aliphatic heterocycles. The summed E-state index contributed by atoms with van der Waals surface area (Å²) in [5.41, 5.74) is 4.41. The first kappa shape index (κ1) is 12.7. The van der Waals surface area contributed by atoms with Crippen LogP contribution < -0.4 is 0 Å². The van der Waals surface area contributed by atoms with E-state index in [1.54, 1.807) is 11.3 Å². The lowest BCUT2D eigenvalue weighted by atomic mass is 9.90. The molecule has 0 amide bonds. The Morgan fingerprint density at radius 3 is 2.56 bits per heavy atom. The molecule has 0 saturated carbocycles. The minimum absolute atomic E-state index is 0.266. The number of fused-ring (bicyclic) bond motifs is 1. The van der Waals surface area contributed by atoms with Gasteiger partial charge in [-0.1, -0.05) is 45.7 Å². The maximum Gasteiger partial charge on any atom is 0.0931 e. The van der Waals surface area contributed by atoms with Gasteiger partial charge in [-0.25, -0.2) is 0 Å². The van der Waals surface area contributed by atoms with Crippen molar-refractivity contribution < 1.29 is 0 Å². The van der Waals surface area contributed by atoms with Crippen molar-refractivity contribution in [2.75, 3.05) is 0 Å². The Kier molecular flexibility index (Phi) is 3.78. The zero-order valence-electron chi connectivity index (χ0n) is 9.96. The average Bonchev–Trinajstić information content (AvgIpc) is 2.84. The molecule has 0 N–H and O–H groups in total. The molecule has 3 heteroatoms. The van der Waals surface area contributed by atoms with E-state index in [-0.39, 0.29) is 4.83 Å². The molecule has 0 bridgehead atoms. The summed E-state index contributed by atoms with van der Waals surface area (Å²) in [5.74, 6) is 0. The van der Waals surface area contributed by atoms with Crippen LogP contribution in [0.15, 0.2) is 30.3 Å². The molecule has 0 fully saturated rings. The van der Waals surface area contributed by atoms with E-state index in [1.165, 1.54) is 47.3 Å². The smallest absolute Gasteiger partial charge is 0.0931 e. The lowest BCUT2D eigenvalue weighted by Gasteiger charge is -2.18. The number of halogens is 2. The Bertz CT molecular complexity index is 561. The third kappa shape index (κ3) is 2.52. The molecule has 1 aliphatic carbocycles. The van der Waals surface area contributed by atoms with Crippen molar-refractivity contribution in [2.45, 2.75) is 30.5 Å². The Balaban J connectivity index is 1.92. The predicted molar refractivity (Wildman–Crippen MR) is 83.2 cm³/mol. The van der Waals surface area contributed by atoms with Gasteiger partial charge in [0.05, 0.1) is 9.16 Å². The standard InChI is InChI=1S/C15H14BrClS/c16-15(13-7-8-14(17)18-13)12-6-5-10-3-1-2-4-11(10)9-12/h5-9,15H,1-4H2. The summed E-state index contributed by atoms with van der Waals surface area (Å²) in [6, 6.07) is 11.0. The Morgan fingerprint density at radius 2 is 1.83 bits per heavy atom. The Morgan fingerprint density at radius 1 is 1.06 bits per heavy atom. The van der Waals surface area contributed by atoms with Crippen molar-refractivity contribution in [2.24, 2.45) is 0 Å². The Labute approximate surface area is 125 Å². The fourth-order valence-corrected chi connectivity index (χ4v) is 4.32. The third-order valence-electron chi connectivity index (χ3n) is 3.51. The molecule has 0 spiro atoms. The first-order valence-corrected chi connectivity index (χ1v) is 8.36. The van der Waals surface area contributed by atoms with Crippen LogP contribution in [0.25, 0.3) is 0 Å². The van der Waals surface area contributed by atoms with E-state index in [4.69, 9.17) is 11.6 Å². The summed E-state index contributed by atoms with van der Waals surface area (Å²) in [6.45, 7) is 0. The van der Waals surface area contributed by atoms with Crippen LogP contribution in [0.2, 0.25) is 4.34 Å². The van der Waals surface area contributed by atoms with Crippen molar-refractivity contribution >= 4 is 38.9 Å². The van der Waals surface area contributed by atoms with Crippen LogP contribution in [0.1, 0.15) is 39.2 Å². The van der Waals surface area contributed by atoms with E-state index in [0.29, 0.717) is 0 Å². The lowest BCUT2D eigenvalue weighted by Crippen LogP contribution is -2.03. The van der Waals surface area contributed by atoms with Crippen molar-refractivity contribution in [3.8, 4) is 0 Å². The summed E-state index contributed by atoms with van der Waals surface area (Å²) < 4.78 is 0.854. The summed E-state index contributed by atoms with van der Waals surface area (Å²) in [6.07, 6.45) is 5.14. The van der Waals surface area contributed by atoms with E-state index >= 15 is 0 Å². The molecular formula is C15H14BrClS. The number of hydrogen-bond donors (Lipinski definition) is 0. The van der Waals surface area contributed by atoms with Gasteiger partial charge in [0.25, 0.3) is 0 Å². The molecule has 1 aromatic carbocycles. The molecule has 0 radical (unpaired) electrons. The summed E-state index contributed by atoms with van der Waals surface area (Å²) >= 11 is 11.4. The fourth-order valence-electron chi connectivity index (χ4n) is 2.54. The van der Waals surface area contributed by atoms with Gasteiger partial charge in [0.15, 0.2) is 0 Å². The van der Waals surface area contributed by atoms with E-state index in [0.717, 1.165) is 4.34 Å². The summed E-state index contributed by atoms with van der Waals surface area (Å²) in [4.78, 5) is 1.54. The highest BCUT2D eigenvalue weighted by Crippen LogP contribution is 2.38. The van der Waals surface area contributed by atoms with Crippen LogP contribution in [0.4, 0.5) is 0 Å². The van der Waals surface area contributed by atoms with Gasteiger partial charge in [0, 0.05) is 4.88 Å². The first-order chi connectivity index (χ1) is 8.74. The van der Waals surface area contributed by atoms with Crippen molar-refractivity contribution in [1.82, 2.24) is 0 Å². The quantitative estimate of drug-likeness (QED) is 0.609. The van der Waals surface area contributed by atoms with Crippen LogP contribution in [0.5, 0.6) is 0 Å². The highest BCUT2D eigenvalue weighted by Gasteiger charge is 2.16. The predicted octanol–water partition coefficient (Wildman–Crippen LogP) is 5.76. The normalized spacial score (nSPS) is 16.3. The minimum Gasteiger partial charge on any atom is -0.127 e. The largest absolute Gasteiger partial charge is 0.127 e. The van der Waals surface area contributed by atoms with Gasteiger partial charge in [-0.2, -0.15) is 0 Å². The number of alkyl halides is 1. The molecule has 1 atom stereocenters. The minimum atomic E-state index is 0.266. The summed E-state index contributed by atoms with van der Waals surface area (Å²) in [7, 11) is 0. The van der Waals surface area contributed by atoms with Gasteiger partial charge < -0.3 is 0 Å². The monoisotopic (exact) mass is 340 g/mol. The number of hydrogen-bond acceptors (Lipinski definition) is 1. The van der Waals surface area contributed by atoms with Crippen LogP contribution in [0, 0.1) is 0 Å². The second-order valence-electron chi connectivity index (χ2n) is 4.74. The van der Waals surface area contributed by atoms with Gasteiger partial charge >= 0.3 is 0 Å². The van der Waals surface area contributed by atoms with Crippen LogP contribution in [-0.4, -0.2) is 0 Å². The highest BCUT2D eigenvalue weighted by molar-refractivity contribution is 9.09. The molecule has 2 aromatic rings. The molecule has 1 aromatic heterocycles. The molecule has 0 nitrogen and oxygen atoms in total. The SMILES string of the molecule is Clc1ccc(C(Br)c2ccc3c(c2)CCCC3)s1. The van der Waals surface area contributed by atoms with Gasteiger partial charge in [0.1, 0.15) is 0 Å². The second-order valence-corrected chi connectivity index (χ2v) is 7.40. The zero-order chi connectivity index (χ0) is 12.5. The molecule has 1 heterocycles. The molecule has 1 unspecified atom stereocenters. The fraction of sp³-hybridized carbons (Fsp3) is 0.333. The highest BCUT2D eigenvalue weighted by atomic mass is 79.9. The number of benzene rings is 1. The average molecular weight is 342 g/mol. The topological polar surface area (TPSA) is 0 Å². The van der Waals surface area contributed by atoms with Gasteiger partial charge in [-0.3, -0.25) is 0 Å². The van der Waals surface area contributed by atoms with Gasteiger partial charge in [-0.05, 0) is 54.5 Å². The second kappa shape index (κ2) is 5.36. The van der Waals surface area contributed by atoms with Crippen molar-refractivity contribution in [1.29, 1.82) is 0 Å². The van der Waals surface area contributed by atoms with Crippen LogP contribution in [-0.2, 0) is 12.8 Å². The molecule has 18 heavy (non-hydrogen) atoms.